The molecule has 1 aromatic carbocycles. The first kappa shape index (κ1) is 19.8. The van der Waals surface area contributed by atoms with Crippen molar-refractivity contribution in [3.8, 4) is 0 Å². The molecule has 0 saturated heterocycles. The van der Waals surface area contributed by atoms with Crippen molar-refractivity contribution >= 4 is 22.9 Å². The van der Waals surface area contributed by atoms with E-state index < -0.39 is 5.91 Å². The average Bonchev–Trinajstić information content (AvgIpc) is 3.19. The molecule has 3 aromatic rings. The Hall–Kier alpha value is -3.00. The molecule has 146 valence electrons. The first-order valence-electron chi connectivity index (χ1n) is 9.14. The second kappa shape index (κ2) is 9.80. The smallest absolute Gasteiger partial charge is 0.267 e. The summed E-state index contributed by atoms with van der Waals surface area (Å²) >= 11 is 0. The van der Waals surface area contributed by atoms with Crippen LogP contribution < -0.4 is 5.48 Å². The maximum Gasteiger partial charge on any atom is 0.267 e. The molecule has 1 amide bonds. The molecule has 0 unspecified atom stereocenters. The van der Waals surface area contributed by atoms with Gasteiger partial charge in [0.15, 0.2) is 0 Å². The van der Waals surface area contributed by atoms with Crippen molar-refractivity contribution in [2.45, 2.75) is 13.0 Å². The van der Waals surface area contributed by atoms with Gasteiger partial charge in [-0.3, -0.25) is 19.9 Å². The molecule has 0 fully saturated rings. The zero-order valence-electron chi connectivity index (χ0n) is 15.5. The van der Waals surface area contributed by atoms with Gasteiger partial charge in [0.25, 0.3) is 5.91 Å². The number of aliphatic hydroxyl groups is 1. The first-order chi connectivity index (χ1) is 13.7. The van der Waals surface area contributed by atoms with Crippen LogP contribution in [-0.2, 0) is 17.8 Å². The van der Waals surface area contributed by atoms with E-state index in [-0.39, 0.29) is 6.61 Å². The number of nitrogens with zero attached hydrogens (tertiary/aromatic N) is 2. The number of hydrogen-bond acceptors (Lipinski definition) is 5. The zero-order chi connectivity index (χ0) is 19.8. The number of aliphatic hydroxyl groups excluding tert-OH is 1. The minimum atomic E-state index is -0.600. The molecule has 0 spiro atoms. The van der Waals surface area contributed by atoms with Crippen LogP contribution in [-0.4, -0.2) is 50.8 Å². The van der Waals surface area contributed by atoms with Crippen LogP contribution in [0.1, 0.15) is 16.8 Å². The van der Waals surface area contributed by atoms with Gasteiger partial charge in [0.1, 0.15) is 0 Å². The van der Waals surface area contributed by atoms with E-state index in [1.807, 2.05) is 18.3 Å². The third-order valence-electron chi connectivity index (χ3n) is 4.52. The predicted octanol–water partition coefficient (Wildman–Crippen LogP) is 2.12. The molecule has 2 aromatic heterocycles. The van der Waals surface area contributed by atoms with Crippen LogP contribution in [0.5, 0.6) is 0 Å². The third kappa shape index (κ3) is 5.50. The summed E-state index contributed by atoms with van der Waals surface area (Å²) in [6, 6.07) is 12.2. The molecular weight excluding hydrogens is 356 g/mol. The lowest BCUT2D eigenvalue weighted by Crippen LogP contribution is -2.28. The number of nitrogens with one attached hydrogen (secondary N) is 2. The Morgan fingerprint density at radius 1 is 1.18 bits per heavy atom. The molecule has 0 aliphatic rings. The van der Waals surface area contributed by atoms with E-state index >= 15 is 0 Å². The van der Waals surface area contributed by atoms with E-state index in [4.69, 9.17) is 5.21 Å². The lowest BCUT2D eigenvalue weighted by atomic mass is 10.1. The van der Waals surface area contributed by atoms with Crippen molar-refractivity contribution in [1.29, 1.82) is 0 Å². The summed E-state index contributed by atoms with van der Waals surface area (Å²) < 4.78 is 0. The summed E-state index contributed by atoms with van der Waals surface area (Å²) in [5, 5.41) is 19.1. The van der Waals surface area contributed by atoms with Crippen LogP contribution >= 0.6 is 0 Å². The minimum absolute atomic E-state index is 0.0974. The highest BCUT2D eigenvalue weighted by Crippen LogP contribution is 2.15. The Kier molecular flexibility index (Phi) is 6.91. The summed E-state index contributed by atoms with van der Waals surface area (Å²) in [5.74, 6) is -0.600. The van der Waals surface area contributed by atoms with Gasteiger partial charge in [-0.2, -0.15) is 0 Å². The number of pyridine rings is 1. The van der Waals surface area contributed by atoms with Crippen LogP contribution in [0.25, 0.3) is 17.0 Å². The topological polar surface area (TPSA) is 101 Å². The fraction of sp³-hybridized carbons (Fsp3) is 0.238. The first-order valence-corrected chi connectivity index (χ1v) is 9.14. The second-order valence-electron chi connectivity index (χ2n) is 6.55. The fourth-order valence-corrected chi connectivity index (χ4v) is 3.03. The van der Waals surface area contributed by atoms with Crippen molar-refractivity contribution in [2.24, 2.45) is 0 Å². The molecule has 28 heavy (non-hydrogen) atoms. The molecule has 4 N–H and O–H groups in total. The van der Waals surface area contributed by atoms with E-state index in [0.717, 1.165) is 24.0 Å². The summed E-state index contributed by atoms with van der Waals surface area (Å²) in [4.78, 5) is 20.7. The summed E-state index contributed by atoms with van der Waals surface area (Å²) in [6.07, 6.45) is 7.32. The lowest BCUT2D eigenvalue weighted by Gasteiger charge is -2.21. The summed E-state index contributed by atoms with van der Waals surface area (Å²) in [7, 11) is 0. The highest BCUT2D eigenvalue weighted by Gasteiger charge is 2.07. The molecule has 7 heteroatoms. The predicted molar refractivity (Wildman–Crippen MR) is 108 cm³/mol. The van der Waals surface area contributed by atoms with Gasteiger partial charge < -0.3 is 10.1 Å². The van der Waals surface area contributed by atoms with Gasteiger partial charge in [0.2, 0.25) is 0 Å². The maximum atomic E-state index is 11.0. The van der Waals surface area contributed by atoms with Crippen LogP contribution in [0.4, 0.5) is 0 Å². The van der Waals surface area contributed by atoms with Crippen LogP contribution in [0, 0.1) is 0 Å². The summed E-state index contributed by atoms with van der Waals surface area (Å²) in [6.45, 7) is 2.19. The number of hydrogen-bond donors (Lipinski definition) is 4. The number of hydroxylamine groups is 1. The van der Waals surface area contributed by atoms with Crippen LogP contribution in [0.3, 0.4) is 0 Å². The van der Waals surface area contributed by atoms with Gasteiger partial charge in [-0.15, -0.1) is 0 Å². The van der Waals surface area contributed by atoms with Gasteiger partial charge in [-0.1, -0.05) is 18.2 Å². The molecule has 0 radical (unpaired) electrons. The SMILES string of the molecule is O=C(/C=C/c1ccc(CN(CCO)CCc2ccc3cc[nH]c3c2)cn1)NO. The van der Waals surface area contributed by atoms with Crippen LogP contribution in [0.15, 0.2) is 54.9 Å². The summed E-state index contributed by atoms with van der Waals surface area (Å²) in [5.41, 5.74) is 5.57. The largest absolute Gasteiger partial charge is 0.395 e. The highest BCUT2D eigenvalue weighted by molar-refractivity contribution is 5.90. The minimum Gasteiger partial charge on any atom is -0.395 e. The third-order valence-corrected chi connectivity index (χ3v) is 4.52. The van der Waals surface area contributed by atoms with Gasteiger partial charge in [-0.05, 0) is 47.2 Å². The molecule has 0 aliphatic carbocycles. The maximum absolute atomic E-state index is 11.0. The van der Waals surface area contributed by atoms with E-state index in [2.05, 4.69) is 39.1 Å². The number of carbonyl (C=O) groups excluding carboxylic acids is 1. The Balaban J connectivity index is 1.59. The number of H-pyrrole nitrogens is 1. The molecule has 2 heterocycles. The Morgan fingerprint density at radius 3 is 2.79 bits per heavy atom. The van der Waals surface area contributed by atoms with Crippen molar-refractivity contribution in [3.63, 3.8) is 0 Å². The van der Waals surface area contributed by atoms with Gasteiger partial charge in [-0.25, -0.2) is 5.48 Å². The van der Waals surface area contributed by atoms with E-state index in [1.54, 1.807) is 6.20 Å². The van der Waals surface area contributed by atoms with Crippen molar-refractivity contribution < 1.29 is 15.1 Å². The monoisotopic (exact) mass is 380 g/mol. The molecule has 0 saturated carbocycles. The number of aromatic amines is 1. The Bertz CT molecular complexity index is 934. The normalized spacial score (nSPS) is 11.5. The number of amides is 1. The second-order valence-corrected chi connectivity index (χ2v) is 6.55. The van der Waals surface area contributed by atoms with E-state index in [1.165, 1.54) is 28.6 Å². The number of aromatic nitrogens is 2. The number of fused-ring (bicyclic) bond motifs is 1. The van der Waals surface area contributed by atoms with Gasteiger partial charge in [0.05, 0.1) is 12.3 Å². The van der Waals surface area contributed by atoms with Crippen molar-refractivity contribution in [1.82, 2.24) is 20.3 Å². The number of benzene rings is 1. The Morgan fingerprint density at radius 2 is 2.04 bits per heavy atom. The Labute approximate surface area is 163 Å². The van der Waals surface area contributed by atoms with Crippen molar-refractivity contribution in [3.05, 3.63) is 71.7 Å². The average molecular weight is 380 g/mol. The molecule has 7 nitrogen and oxygen atoms in total. The zero-order valence-corrected chi connectivity index (χ0v) is 15.5. The quantitative estimate of drug-likeness (QED) is 0.259. The van der Waals surface area contributed by atoms with Gasteiger partial charge >= 0.3 is 0 Å². The van der Waals surface area contributed by atoms with E-state index in [9.17, 15) is 9.90 Å². The molecule has 3 rings (SSSR count). The fourth-order valence-electron chi connectivity index (χ4n) is 3.03. The highest BCUT2D eigenvalue weighted by atomic mass is 16.5. The van der Waals surface area contributed by atoms with Crippen LogP contribution in [0.2, 0.25) is 0 Å². The molecule has 0 bridgehead atoms. The number of rotatable bonds is 9. The lowest BCUT2D eigenvalue weighted by molar-refractivity contribution is -0.124. The van der Waals surface area contributed by atoms with Gasteiger partial charge in [0, 0.05) is 43.6 Å². The standard InChI is InChI=1S/C21H24N4O3/c26-12-11-25(10-8-16-1-3-18-7-9-22-20(18)13-16)15-17-2-4-19(23-14-17)5-6-21(27)24-28/h1-7,9,13-14,22,26,28H,8,10-12,15H2,(H,24,27)/b6-5+. The van der Waals surface area contributed by atoms with Crippen molar-refractivity contribution in [2.75, 3.05) is 19.7 Å². The molecular formula is C21H24N4O3. The van der Waals surface area contributed by atoms with E-state index in [0.29, 0.717) is 18.8 Å². The number of carbonyl (C=O) groups is 1. The molecule has 0 aliphatic heterocycles. The molecule has 0 atom stereocenters.